The molecule has 0 amide bonds. The van der Waals surface area contributed by atoms with Crippen molar-refractivity contribution in [3.63, 3.8) is 0 Å². The molecule has 0 bridgehead atoms. The lowest BCUT2D eigenvalue weighted by molar-refractivity contribution is 0.304. The highest BCUT2D eigenvalue weighted by atomic mass is 14.9. The van der Waals surface area contributed by atoms with Gasteiger partial charge in [-0.15, -0.1) is 0 Å². The van der Waals surface area contributed by atoms with Gasteiger partial charge in [-0.2, -0.15) is 0 Å². The summed E-state index contributed by atoms with van der Waals surface area (Å²) in [6, 6.07) is 5.72. The summed E-state index contributed by atoms with van der Waals surface area (Å²) in [5.41, 5.74) is 13.8. The van der Waals surface area contributed by atoms with Crippen molar-refractivity contribution in [3.05, 3.63) is 18.2 Å². The van der Waals surface area contributed by atoms with Crippen LogP contribution in [0.5, 0.6) is 0 Å². The van der Waals surface area contributed by atoms with Crippen molar-refractivity contribution in [2.24, 2.45) is 17.8 Å². The second-order valence-corrected chi connectivity index (χ2v) is 5.38. The molecule has 0 aliphatic carbocycles. The average molecular weight is 235 g/mol. The van der Waals surface area contributed by atoms with Gasteiger partial charge in [-0.05, 0) is 36.0 Å². The predicted octanol–water partition coefficient (Wildman–Crippen LogP) is 3.19. The van der Waals surface area contributed by atoms with Crippen LogP contribution in [-0.4, -0.2) is 6.54 Å². The van der Waals surface area contributed by atoms with Gasteiger partial charge < -0.3 is 16.8 Å². The van der Waals surface area contributed by atoms with Gasteiger partial charge in [0, 0.05) is 12.2 Å². The maximum absolute atomic E-state index is 5.78. The van der Waals surface area contributed by atoms with Crippen molar-refractivity contribution in [1.29, 1.82) is 0 Å². The van der Waals surface area contributed by atoms with Crippen LogP contribution in [0.1, 0.15) is 27.7 Å². The molecule has 0 aliphatic rings. The Labute approximate surface area is 105 Å². The van der Waals surface area contributed by atoms with E-state index in [1.807, 2.05) is 18.2 Å². The fourth-order valence-corrected chi connectivity index (χ4v) is 2.16. The molecule has 0 aromatic heterocycles. The zero-order chi connectivity index (χ0) is 13.0. The number of rotatable bonds is 5. The molecule has 0 unspecified atom stereocenters. The van der Waals surface area contributed by atoms with E-state index in [-0.39, 0.29) is 0 Å². The number of nitrogen functional groups attached to an aromatic ring is 2. The lowest BCUT2D eigenvalue weighted by Gasteiger charge is -2.25. The highest BCUT2D eigenvalue weighted by Gasteiger charge is 2.16. The number of nitrogens with two attached hydrogens (primary N) is 2. The van der Waals surface area contributed by atoms with Crippen LogP contribution >= 0.6 is 0 Å². The minimum absolute atomic E-state index is 0.639. The summed E-state index contributed by atoms with van der Waals surface area (Å²) in [5, 5.41) is 3.44. The van der Waals surface area contributed by atoms with Crippen molar-refractivity contribution in [1.82, 2.24) is 0 Å². The van der Waals surface area contributed by atoms with Gasteiger partial charge in [0.25, 0.3) is 0 Å². The maximum Gasteiger partial charge on any atom is 0.0568 e. The Bertz CT molecular complexity index is 350. The normalized spacial score (nSPS) is 11.5. The van der Waals surface area contributed by atoms with Gasteiger partial charge >= 0.3 is 0 Å². The molecule has 0 heterocycles. The molecule has 0 atom stereocenters. The fourth-order valence-electron chi connectivity index (χ4n) is 2.16. The van der Waals surface area contributed by atoms with Crippen LogP contribution < -0.4 is 16.8 Å². The smallest absolute Gasteiger partial charge is 0.0568 e. The molecule has 3 heteroatoms. The van der Waals surface area contributed by atoms with Crippen molar-refractivity contribution in [3.8, 4) is 0 Å². The quantitative estimate of drug-likeness (QED) is 0.687. The number of hydrogen-bond acceptors (Lipinski definition) is 3. The fraction of sp³-hybridized carbons (Fsp3) is 0.571. The van der Waals surface area contributed by atoms with Crippen molar-refractivity contribution in [2.75, 3.05) is 23.3 Å². The molecule has 0 saturated heterocycles. The third kappa shape index (κ3) is 3.84. The van der Waals surface area contributed by atoms with E-state index in [9.17, 15) is 0 Å². The summed E-state index contributed by atoms with van der Waals surface area (Å²) in [6.07, 6.45) is 0. The minimum atomic E-state index is 0.639. The Morgan fingerprint density at radius 1 is 1.00 bits per heavy atom. The Kier molecular flexibility index (Phi) is 4.67. The lowest BCUT2D eigenvalue weighted by atomic mass is 9.85. The number of benzene rings is 1. The van der Waals surface area contributed by atoms with Crippen LogP contribution in [0, 0.1) is 17.8 Å². The van der Waals surface area contributed by atoms with Crippen LogP contribution in [0.2, 0.25) is 0 Å². The second kappa shape index (κ2) is 5.80. The molecule has 17 heavy (non-hydrogen) atoms. The molecule has 1 aromatic carbocycles. The first-order chi connectivity index (χ1) is 7.91. The van der Waals surface area contributed by atoms with Gasteiger partial charge in [0.2, 0.25) is 0 Å². The topological polar surface area (TPSA) is 64.1 Å². The standard InChI is InChI=1S/C14H25N3/c1-9(2)12(10(3)4)8-17-11-5-6-13(15)14(16)7-11/h5-7,9-10,12,17H,8,15-16H2,1-4H3. The van der Waals surface area contributed by atoms with Crippen LogP contribution in [-0.2, 0) is 0 Å². The van der Waals surface area contributed by atoms with Gasteiger partial charge in [0.05, 0.1) is 11.4 Å². The zero-order valence-corrected chi connectivity index (χ0v) is 11.3. The van der Waals surface area contributed by atoms with Crippen molar-refractivity contribution in [2.45, 2.75) is 27.7 Å². The van der Waals surface area contributed by atoms with E-state index in [1.165, 1.54) is 0 Å². The van der Waals surface area contributed by atoms with E-state index in [1.54, 1.807) is 0 Å². The second-order valence-electron chi connectivity index (χ2n) is 5.38. The first kappa shape index (κ1) is 13.7. The Morgan fingerprint density at radius 3 is 2.06 bits per heavy atom. The van der Waals surface area contributed by atoms with Gasteiger partial charge in [-0.1, -0.05) is 27.7 Å². The monoisotopic (exact) mass is 235 g/mol. The molecule has 0 aliphatic heterocycles. The van der Waals surface area contributed by atoms with Gasteiger partial charge in [-0.25, -0.2) is 0 Å². The highest BCUT2D eigenvalue weighted by molar-refractivity contribution is 5.69. The molecule has 3 nitrogen and oxygen atoms in total. The molecule has 0 saturated carbocycles. The Hall–Kier alpha value is -1.38. The summed E-state index contributed by atoms with van der Waals surface area (Å²) in [5.74, 6) is 2.01. The first-order valence-electron chi connectivity index (χ1n) is 6.30. The molecular weight excluding hydrogens is 210 g/mol. The minimum Gasteiger partial charge on any atom is -0.397 e. The molecule has 5 N–H and O–H groups in total. The first-order valence-corrected chi connectivity index (χ1v) is 6.30. The third-order valence-electron chi connectivity index (χ3n) is 3.34. The van der Waals surface area contributed by atoms with E-state index in [4.69, 9.17) is 11.5 Å². The molecule has 0 fully saturated rings. The average Bonchev–Trinajstić information content (AvgIpc) is 2.22. The van der Waals surface area contributed by atoms with E-state index in [0.29, 0.717) is 29.1 Å². The van der Waals surface area contributed by atoms with E-state index < -0.39 is 0 Å². The summed E-state index contributed by atoms with van der Waals surface area (Å²) in [6.45, 7) is 10.0. The number of hydrogen-bond donors (Lipinski definition) is 3. The van der Waals surface area contributed by atoms with Crippen molar-refractivity contribution < 1.29 is 0 Å². The molecule has 1 rings (SSSR count). The summed E-state index contributed by atoms with van der Waals surface area (Å²) in [4.78, 5) is 0. The van der Waals surface area contributed by atoms with Gasteiger partial charge in [0.15, 0.2) is 0 Å². The molecule has 0 radical (unpaired) electrons. The molecule has 0 spiro atoms. The van der Waals surface area contributed by atoms with Crippen LogP contribution in [0.4, 0.5) is 17.1 Å². The Morgan fingerprint density at radius 2 is 1.59 bits per heavy atom. The number of anilines is 3. The van der Waals surface area contributed by atoms with E-state index in [2.05, 4.69) is 33.0 Å². The van der Waals surface area contributed by atoms with Crippen LogP contribution in [0.25, 0.3) is 0 Å². The van der Waals surface area contributed by atoms with Gasteiger partial charge in [0.1, 0.15) is 0 Å². The lowest BCUT2D eigenvalue weighted by Crippen LogP contribution is -2.24. The summed E-state index contributed by atoms with van der Waals surface area (Å²) >= 11 is 0. The van der Waals surface area contributed by atoms with Crippen LogP contribution in [0.3, 0.4) is 0 Å². The van der Waals surface area contributed by atoms with Gasteiger partial charge in [-0.3, -0.25) is 0 Å². The highest BCUT2D eigenvalue weighted by Crippen LogP contribution is 2.23. The molecular formula is C14H25N3. The predicted molar refractivity (Wildman–Crippen MR) is 76.9 cm³/mol. The number of nitrogens with one attached hydrogen (secondary N) is 1. The summed E-state index contributed by atoms with van der Waals surface area (Å²) in [7, 11) is 0. The SMILES string of the molecule is CC(C)C(CNc1ccc(N)c(N)c1)C(C)C. The Balaban J connectivity index is 2.62. The maximum atomic E-state index is 5.78. The molecule has 1 aromatic rings. The third-order valence-corrected chi connectivity index (χ3v) is 3.34. The zero-order valence-electron chi connectivity index (χ0n) is 11.3. The van der Waals surface area contributed by atoms with Crippen molar-refractivity contribution >= 4 is 17.1 Å². The largest absolute Gasteiger partial charge is 0.397 e. The molecule has 96 valence electrons. The van der Waals surface area contributed by atoms with E-state index in [0.717, 1.165) is 12.2 Å². The van der Waals surface area contributed by atoms with Crippen LogP contribution in [0.15, 0.2) is 18.2 Å². The van der Waals surface area contributed by atoms with E-state index >= 15 is 0 Å². The summed E-state index contributed by atoms with van der Waals surface area (Å²) < 4.78 is 0.